The molecule has 4 nitrogen and oxygen atoms in total. The number of aryl methyl sites for hydroxylation is 1. The molecular formula is C15H19N3O. The summed E-state index contributed by atoms with van der Waals surface area (Å²) in [6.07, 6.45) is 1.80. The van der Waals surface area contributed by atoms with Crippen molar-refractivity contribution in [2.75, 3.05) is 13.7 Å². The first-order valence-electron chi connectivity index (χ1n) is 6.41. The van der Waals surface area contributed by atoms with Crippen LogP contribution < -0.4 is 10.1 Å². The maximum atomic E-state index is 5.19. The van der Waals surface area contributed by atoms with Crippen molar-refractivity contribution in [3.63, 3.8) is 0 Å². The Balaban J connectivity index is 2.33. The molecule has 0 aliphatic rings. The Hall–Kier alpha value is -1.94. The smallest absolute Gasteiger partial charge is 0.125 e. The molecule has 0 fully saturated rings. The summed E-state index contributed by atoms with van der Waals surface area (Å²) in [5, 5.41) is 3.45. The van der Waals surface area contributed by atoms with E-state index in [-0.39, 0.29) is 6.04 Å². The summed E-state index contributed by atoms with van der Waals surface area (Å²) >= 11 is 0. The Morgan fingerprint density at radius 1 is 1.21 bits per heavy atom. The van der Waals surface area contributed by atoms with Crippen LogP contribution in [0.5, 0.6) is 5.75 Å². The van der Waals surface area contributed by atoms with Gasteiger partial charge in [0, 0.05) is 6.20 Å². The molecule has 1 aromatic heterocycles. The fourth-order valence-electron chi connectivity index (χ4n) is 2.03. The van der Waals surface area contributed by atoms with E-state index < -0.39 is 0 Å². The molecule has 0 saturated heterocycles. The largest absolute Gasteiger partial charge is 0.497 e. The highest BCUT2D eigenvalue weighted by Crippen LogP contribution is 2.22. The van der Waals surface area contributed by atoms with Crippen LogP contribution in [0.15, 0.2) is 36.5 Å². The van der Waals surface area contributed by atoms with Gasteiger partial charge in [-0.15, -0.1) is 0 Å². The van der Waals surface area contributed by atoms with Crippen molar-refractivity contribution in [3.05, 3.63) is 53.6 Å². The van der Waals surface area contributed by atoms with Crippen LogP contribution in [0.2, 0.25) is 0 Å². The molecule has 1 unspecified atom stereocenters. The average molecular weight is 257 g/mol. The molecule has 2 rings (SSSR count). The van der Waals surface area contributed by atoms with Gasteiger partial charge in [-0.2, -0.15) is 0 Å². The quantitative estimate of drug-likeness (QED) is 0.894. The third-order valence-electron chi connectivity index (χ3n) is 2.95. The molecule has 0 aliphatic heterocycles. The monoisotopic (exact) mass is 257 g/mol. The molecule has 1 N–H and O–H groups in total. The van der Waals surface area contributed by atoms with Gasteiger partial charge in [0.15, 0.2) is 0 Å². The first-order valence-corrected chi connectivity index (χ1v) is 6.41. The maximum Gasteiger partial charge on any atom is 0.125 e. The van der Waals surface area contributed by atoms with Gasteiger partial charge in [0.2, 0.25) is 0 Å². The molecule has 19 heavy (non-hydrogen) atoms. The fraction of sp³-hybridized carbons (Fsp3) is 0.333. The van der Waals surface area contributed by atoms with Gasteiger partial charge in [0.1, 0.15) is 11.6 Å². The van der Waals surface area contributed by atoms with Crippen molar-refractivity contribution in [1.29, 1.82) is 0 Å². The summed E-state index contributed by atoms with van der Waals surface area (Å²) in [5.41, 5.74) is 2.15. The zero-order valence-electron chi connectivity index (χ0n) is 11.6. The Bertz CT molecular complexity index is 525. The lowest BCUT2D eigenvalue weighted by molar-refractivity contribution is 0.414. The van der Waals surface area contributed by atoms with E-state index in [1.165, 1.54) is 5.56 Å². The maximum absolute atomic E-state index is 5.19. The minimum atomic E-state index is 0.0811. The minimum Gasteiger partial charge on any atom is -0.497 e. The lowest BCUT2D eigenvalue weighted by Gasteiger charge is -2.18. The number of hydrogen-bond donors (Lipinski definition) is 1. The number of methoxy groups -OCH3 is 1. The third-order valence-corrected chi connectivity index (χ3v) is 2.95. The summed E-state index contributed by atoms with van der Waals surface area (Å²) in [5.74, 6) is 1.65. The molecule has 0 bridgehead atoms. The third kappa shape index (κ3) is 3.29. The molecule has 4 heteroatoms. The number of nitrogens with zero attached hydrogens (tertiary/aromatic N) is 2. The van der Waals surface area contributed by atoms with Crippen LogP contribution in [0.3, 0.4) is 0 Å². The van der Waals surface area contributed by atoms with Gasteiger partial charge in [-0.05, 0) is 37.2 Å². The SMILES string of the molecule is CCNC(c1ccc(OC)cc1)c1ccnc(C)n1. The summed E-state index contributed by atoms with van der Waals surface area (Å²) in [7, 11) is 1.67. The van der Waals surface area contributed by atoms with Gasteiger partial charge in [-0.25, -0.2) is 9.97 Å². The van der Waals surface area contributed by atoms with Gasteiger partial charge in [-0.3, -0.25) is 0 Å². The van der Waals surface area contributed by atoms with E-state index in [1.807, 2.05) is 25.1 Å². The molecule has 100 valence electrons. The van der Waals surface area contributed by atoms with Crippen LogP contribution in [0.1, 0.15) is 30.0 Å². The first-order chi connectivity index (χ1) is 9.24. The Kier molecular flexibility index (Phi) is 4.47. The predicted octanol–water partition coefficient (Wildman–Crippen LogP) is 2.49. The van der Waals surface area contributed by atoms with Crippen molar-refractivity contribution in [2.24, 2.45) is 0 Å². The van der Waals surface area contributed by atoms with Crippen LogP contribution in [0, 0.1) is 6.92 Å². The second-order valence-electron chi connectivity index (χ2n) is 4.29. The normalized spacial score (nSPS) is 12.2. The molecule has 0 saturated carbocycles. The van der Waals surface area contributed by atoms with E-state index in [2.05, 4.69) is 34.3 Å². The average Bonchev–Trinajstić information content (AvgIpc) is 2.45. The van der Waals surface area contributed by atoms with Gasteiger partial charge in [0.25, 0.3) is 0 Å². The van der Waals surface area contributed by atoms with Crippen molar-refractivity contribution in [3.8, 4) is 5.75 Å². The van der Waals surface area contributed by atoms with Crippen LogP contribution in [0.4, 0.5) is 0 Å². The van der Waals surface area contributed by atoms with Crippen LogP contribution in [-0.4, -0.2) is 23.6 Å². The predicted molar refractivity (Wildman–Crippen MR) is 75.3 cm³/mol. The number of ether oxygens (including phenoxy) is 1. The molecular weight excluding hydrogens is 238 g/mol. The fourth-order valence-corrected chi connectivity index (χ4v) is 2.03. The van der Waals surface area contributed by atoms with E-state index in [4.69, 9.17) is 4.74 Å². The molecule has 1 aromatic carbocycles. The standard InChI is InChI=1S/C15H19N3O/c1-4-16-15(14-9-10-17-11(2)18-14)12-5-7-13(19-3)8-6-12/h5-10,15-16H,4H2,1-3H3. The molecule has 1 atom stereocenters. The second kappa shape index (κ2) is 6.29. The Morgan fingerprint density at radius 3 is 2.53 bits per heavy atom. The summed E-state index contributed by atoms with van der Waals surface area (Å²) in [4.78, 5) is 8.65. The number of nitrogens with one attached hydrogen (secondary N) is 1. The Morgan fingerprint density at radius 2 is 1.95 bits per heavy atom. The number of aromatic nitrogens is 2. The lowest BCUT2D eigenvalue weighted by Crippen LogP contribution is -2.23. The minimum absolute atomic E-state index is 0.0811. The van der Waals surface area contributed by atoms with Crippen molar-refractivity contribution < 1.29 is 4.74 Å². The van der Waals surface area contributed by atoms with E-state index in [1.54, 1.807) is 13.3 Å². The molecule has 0 amide bonds. The van der Waals surface area contributed by atoms with Crippen LogP contribution in [-0.2, 0) is 0 Å². The summed E-state index contributed by atoms with van der Waals surface area (Å²) in [6.45, 7) is 4.87. The molecule has 0 spiro atoms. The van der Waals surface area contributed by atoms with E-state index >= 15 is 0 Å². The molecule has 1 heterocycles. The number of rotatable bonds is 5. The first kappa shape index (κ1) is 13.5. The lowest BCUT2D eigenvalue weighted by atomic mass is 10.0. The van der Waals surface area contributed by atoms with Crippen LogP contribution in [0.25, 0.3) is 0 Å². The molecule has 2 aromatic rings. The van der Waals surface area contributed by atoms with Crippen molar-refractivity contribution >= 4 is 0 Å². The number of hydrogen-bond acceptors (Lipinski definition) is 4. The van der Waals surface area contributed by atoms with Gasteiger partial charge in [0.05, 0.1) is 18.8 Å². The highest BCUT2D eigenvalue weighted by Gasteiger charge is 2.14. The van der Waals surface area contributed by atoms with E-state index in [0.717, 1.165) is 23.8 Å². The molecule has 0 aliphatic carbocycles. The number of benzene rings is 1. The van der Waals surface area contributed by atoms with E-state index in [0.29, 0.717) is 0 Å². The highest BCUT2D eigenvalue weighted by atomic mass is 16.5. The Labute approximate surface area is 113 Å². The van der Waals surface area contributed by atoms with Crippen LogP contribution >= 0.6 is 0 Å². The summed E-state index contributed by atoms with van der Waals surface area (Å²) < 4.78 is 5.19. The van der Waals surface area contributed by atoms with E-state index in [9.17, 15) is 0 Å². The van der Waals surface area contributed by atoms with Gasteiger partial charge < -0.3 is 10.1 Å². The van der Waals surface area contributed by atoms with Gasteiger partial charge >= 0.3 is 0 Å². The van der Waals surface area contributed by atoms with Gasteiger partial charge in [-0.1, -0.05) is 19.1 Å². The molecule has 0 radical (unpaired) electrons. The topological polar surface area (TPSA) is 47.0 Å². The summed E-state index contributed by atoms with van der Waals surface area (Å²) in [6, 6.07) is 10.1. The van der Waals surface area contributed by atoms with Crippen molar-refractivity contribution in [2.45, 2.75) is 19.9 Å². The zero-order chi connectivity index (χ0) is 13.7. The van der Waals surface area contributed by atoms with Crippen molar-refractivity contribution in [1.82, 2.24) is 15.3 Å². The zero-order valence-corrected chi connectivity index (χ0v) is 11.6. The highest BCUT2D eigenvalue weighted by molar-refractivity contribution is 5.33. The second-order valence-corrected chi connectivity index (χ2v) is 4.29.